The second-order valence-corrected chi connectivity index (χ2v) is 5.55. The van der Waals surface area contributed by atoms with E-state index >= 15 is 0 Å². The van der Waals surface area contributed by atoms with Crippen LogP contribution in [0.4, 0.5) is 11.6 Å². The van der Waals surface area contributed by atoms with Crippen LogP contribution in [0.25, 0.3) is 0 Å². The zero-order chi connectivity index (χ0) is 16.9. The van der Waals surface area contributed by atoms with E-state index in [0.29, 0.717) is 16.9 Å². The van der Waals surface area contributed by atoms with Gasteiger partial charge < -0.3 is 16.0 Å². The van der Waals surface area contributed by atoms with Crippen LogP contribution in [-0.2, 0) is 0 Å². The molecule has 0 unspecified atom stereocenters. The molecule has 1 fully saturated rings. The Bertz CT molecular complexity index is 753. The average molecular weight is 324 g/mol. The first kappa shape index (κ1) is 15.9. The molecule has 3 heterocycles. The molecule has 1 aliphatic rings. The van der Waals surface area contributed by atoms with Gasteiger partial charge in [0.05, 0.1) is 5.56 Å². The standard InChI is InChI=1S/C17H20N6O/c1-19-16-13(4-5-14(21-16)23-10-2-3-11-23)15(18)22-17(24)12-6-8-20-9-7-12/h4-9H,2-3,10-11H2,1H3,(H,19,21)(H2,18,22,24). The maximum Gasteiger partial charge on any atom is 0.279 e. The SMILES string of the molecule is CNc1nc(N2CCCC2)ccc1C(N)=NC(=O)c1ccncc1. The smallest absolute Gasteiger partial charge is 0.279 e. The molecular weight excluding hydrogens is 304 g/mol. The van der Waals surface area contributed by atoms with Gasteiger partial charge >= 0.3 is 0 Å². The molecule has 1 amide bonds. The highest BCUT2D eigenvalue weighted by Gasteiger charge is 2.16. The quantitative estimate of drug-likeness (QED) is 0.656. The van der Waals surface area contributed by atoms with Crippen LogP contribution >= 0.6 is 0 Å². The molecule has 0 atom stereocenters. The Kier molecular flexibility index (Phi) is 4.69. The zero-order valence-corrected chi connectivity index (χ0v) is 13.6. The van der Waals surface area contributed by atoms with Gasteiger partial charge in [0.2, 0.25) is 0 Å². The molecule has 7 nitrogen and oxygen atoms in total. The van der Waals surface area contributed by atoms with Crippen LogP contribution in [-0.4, -0.2) is 41.8 Å². The lowest BCUT2D eigenvalue weighted by atomic mass is 10.2. The number of amidine groups is 1. The minimum Gasteiger partial charge on any atom is -0.383 e. The fourth-order valence-electron chi connectivity index (χ4n) is 2.70. The van der Waals surface area contributed by atoms with Crippen LogP contribution < -0.4 is 16.0 Å². The number of aromatic nitrogens is 2. The van der Waals surface area contributed by atoms with E-state index in [9.17, 15) is 4.79 Å². The lowest BCUT2D eigenvalue weighted by Crippen LogP contribution is -2.22. The minimum absolute atomic E-state index is 0.140. The lowest BCUT2D eigenvalue weighted by molar-refractivity contribution is 0.100. The van der Waals surface area contributed by atoms with Crippen molar-refractivity contribution in [3.05, 3.63) is 47.8 Å². The summed E-state index contributed by atoms with van der Waals surface area (Å²) in [6.45, 7) is 2.03. The van der Waals surface area contributed by atoms with Crippen molar-refractivity contribution < 1.29 is 4.79 Å². The van der Waals surface area contributed by atoms with Crippen molar-refractivity contribution >= 4 is 23.4 Å². The van der Waals surface area contributed by atoms with Gasteiger partial charge in [-0.3, -0.25) is 9.78 Å². The molecule has 0 radical (unpaired) electrons. The van der Waals surface area contributed by atoms with Gasteiger partial charge in [0.25, 0.3) is 5.91 Å². The number of carbonyl (C=O) groups excluding carboxylic acids is 1. The van der Waals surface area contributed by atoms with Gasteiger partial charge in [-0.05, 0) is 37.1 Å². The summed E-state index contributed by atoms with van der Waals surface area (Å²) >= 11 is 0. The number of anilines is 2. The molecule has 3 rings (SSSR count). The van der Waals surface area contributed by atoms with Crippen molar-refractivity contribution in [3.63, 3.8) is 0 Å². The summed E-state index contributed by atoms with van der Waals surface area (Å²) in [5.41, 5.74) is 7.09. The number of nitrogens with one attached hydrogen (secondary N) is 1. The molecule has 0 spiro atoms. The van der Waals surface area contributed by atoms with E-state index in [1.807, 2.05) is 12.1 Å². The maximum atomic E-state index is 12.2. The van der Waals surface area contributed by atoms with Crippen molar-refractivity contribution in [2.45, 2.75) is 12.8 Å². The van der Waals surface area contributed by atoms with Crippen LogP contribution in [0.15, 0.2) is 41.7 Å². The zero-order valence-electron chi connectivity index (χ0n) is 13.6. The van der Waals surface area contributed by atoms with Gasteiger partial charge in [-0.15, -0.1) is 0 Å². The number of hydrogen-bond donors (Lipinski definition) is 2. The molecule has 3 N–H and O–H groups in total. The number of pyridine rings is 2. The average Bonchev–Trinajstić information content (AvgIpc) is 3.16. The molecule has 2 aromatic rings. The molecule has 0 bridgehead atoms. The second-order valence-electron chi connectivity index (χ2n) is 5.55. The minimum atomic E-state index is -0.402. The van der Waals surface area contributed by atoms with Gasteiger partial charge in [0.15, 0.2) is 0 Å². The molecule has 1 aliphatic heterocycles. The van der Waals surface area contributed by atoms with Crippen molar-refractivity contribution in [3.8, 4) is 0 Å². The number of amides is 1. The number of nitrogens with two attached hydrogens (primary N) is 1. The van der Waals surface area contributed by atoms with E-state index in [1.165, 1.54) is 12.8 Å². The van der Waals surface area contributed by atoms with E-state index < -0.39 is 5.91 Å². The predicted molar refractivity (Wildman–Crippen MR) is 94.5 cm³/mol. The summed E-state index contributed by atoms with van der Waals surface area (Å²) in [4.78, 5) is 26.9. The molecule has 0 aromatic carbocycles. The molecule has 7 heteroatoms. The van der Waals surface area contributed by atoms with E-state index in [2.05, 4.69) is 25.2 Å². The van der Waals surface area contributed by atoms with Gasteiger partial charge in [0.1, 0.15) is 17.5 Å². The van der Waals surface area contributed by atoms with Crippen molar-refractivity contribution in [1.82, 2.24) is 9.97 Å². The molecule has 0 saturated carbocycles. The van der Waals surface area contributed by atoms with E-state index in [1.54, 1.807) is 31.6 Å². The molecule has 0 aliphatic carbocycles. The van der Waals surface area contributed by atoms with Crippen molar-refractivity contribution in [2.75, 3.05) is 30.4 Å². The third kappa shape index (κ3) is 3.34. The van der Waals surface area contributed by atoms with Gasteiger partial charge in [-0.1, -0.05) is 0 Å². The monoisotopic (exact) mass is 324 g/mol. The third-order valence-electron chi connectivity index (χ3n) is 3.97. The fraction of sp³-hybridized carbons (Fsp3) is 0.294. The van der Waals surface area contributed by atoms with Crippen molar-refractivity contribution in [1.29, 1.82) is 0 Å². The first-order valence-electron chi connectivity index (χ1n) is 7.91. The number of rotatable bonds is 4. The van der Waals surface area contributed by atoms with Gasteiger partial charge in [-0.2, -0.15) is 4.99 Å². The first-order valence-corrected chi connectivity index (χ1v) is 7.91. The normalized spacial score (nSPS) is 14.7. The highest BCUT2D eigenvalue weighted by atomic mass is 16.1. The number of aliphatic imine (C=N–C) groups is 1. The highest BCUT2D eigenvalue weighted by Crippen LogP contribution is 2.22. The summed E-state index contributed by atoms with van der Waals surface area (Å²) in [7, 11) is 1.78. The summed E-state index contributed by atoms with van der Waals surface area (Å²) in [6, 6.07) is 6.98. The summed E-state index contributed by atoms with van der Waals surface area (Å²) in [5, 5.41) is 3.03. The van der Waals surface area contributed by atoms with Crippen LogP contribution in [0.5, 0.6) is 0 Å². The van der Waals surface area contributed by atoms with E-state index in [-0.39, 0.29) is 5.84 Å². The van der Waals surface area contributed by atoms with Gasteiger partial charge in [-0.25, -0.2) is 4.98 Å². The van der Waals surface area contributed by atoms with Crippen molar-refractivity contribution in [2.24, 2.45) is 10.7 Å². The number of carbonyl (C=O) groups is 1. The van der Waals surface area contributed by atoms with Crippen LogP contribution in [0.1, 0.15) is 28.8 Å². The second kappa shape index (κ2) is 7.08. The third-order valence-corrected chi connectivity index (χ3v) is 3.97. The molecule has 2 aromatic heterocycles. The summed E-state index contributed by atoms with van der Waals surface area (Å²) in [6.07, 6.45) is 5.46. The lowest BCUT2D eigenvalue weighted by Gasteiger charge is -2.18. The Morgan fingerprint density at radius 1 is 1.21 bits per heavy atom. The largest absolute Gasteiger partial charge is 0.383 e. The van der Waals surface area contributed by atoms with Gasteiger partial charge in [0, 0.05) is 38.1 Å². The number of nitrogens with zero attached hydrogens (tertiary/aromatic N) is 4. The predicted octanol–water partition coefficient (Wildman–Crippen LogP) is 1.66. The first-order chi connectivity index (χ1) is 11.7. The Balaban J connectivity index is 1.87. The van der Waals surface area contributed by atoms with E-state index in [4.69, 9.17) is 5.73 Å². The Hall–Kier alpha value is -2.96. The molecular formula is C17H20N6O. The summed E-state index contributed by atoms with van der Waals surface area (Å²) in [5.74, 6) is 1.26. The Labute approximate surface area is 140 Å². The Morgan fingerprint density at radius 2 is 1.92 bits per heavy atom. The van der Waals surface area contributed by atoms with Crippen LogP contribution in [0, 0.1) is 0 Å². The summed E-state index contributed by atoms with van der Waals surface area (Å²) < 4.78 is 0. The maximum absolute atomic E-state index is 12.2. The molecule has 1 saturated heterocycles. The fourth-order valence-corrected chi connectivity index (χ4v) is 2.70. The molecule has 24 heavy (non-hydrogen) atoms. The Morgan fingerprint density at radius 3 is 2.58 bits per heavy atom. The topological polar surface area (TPSA) is 96.5 Å². The van der Waals surface area contributed by atoms with Crippen LogP contribution in [0.2, 0.25) is 0 Å². The number of hydrogen-bond acceptors (Lipinski definition) is 5. The van der Waals surface area contributed by atoms with Crippen LogP contribution in [0.3, 0.4) is 0 Å². The molecule has 124 valence electrons. The van der Waals surface area contributed by atoms with E-state index in [0.717, 1.165) is 18.9 Å². The highest BCUT2D eigenvalue weighted by molar-refractivity contribution is 6.10.